The number of nitrogens with one attached hydrogen (secondary N) is 2. The fraction of sp³-hybridized carbons (Fsp3) is 0.542. The molecule has 1 unspecified atom stereocenters. The molecule has 1 fully saturated rings. The molecule has 1 aliphatic carbocycles. The second-order valence-corrected chi connectivity index (χ2v) is 8.07. The van der Waals surface area contributed by atoms with Gasteiger partial charge in [0, 0.05) is 31.7 Å². The lowest BCUT2D eigenvalue weighted by atomic mass is 10.2. The van der Waals surface area contributed by atoms with E-state index in [0.717, 1.165) is 59.2 Å². The Hall–Kier alpha value is -2.78. The standard InChI is InChI=1S/C18H21N5O2.C6H14FN/c1-19-18-12(10-24-2)6-7-13(21-18)14-9-20-16-8-15(25-3)17(11-4-5-11)22-23(14)16;1-3-6(7)4-5-8-2/h6-9,11H,4-5,10H2,1-3H3,(H,19,21);6,8H,3-5H2,1-2H3. The van der Waals surface area contributed by atoms with Crippen LogP contribution in [0.5, 0.6) is 5.75 Å². The van der Waals surface area contributed by atoms with Crippen molar-refractivity contribution in [3.8, 4) is 17.1 Å². The summed E-state index contributed by atoms with van der Waals surface area (Å²) in [5.74, 6) is 2.09. The van der Waals surface area contributed by atoms with Gasteiger partial charge in [0.1, 0.15) is 29.1 Å². The molecule has 9 heteroatoms. The Bertz CT molecular complexity index is 1040. The van der Waals surface area contributed by atoms with Gasteiger partial charge in [-0.1, -0.05) is 13.0 Å². The first-order valence-electron chi connectivity index (χ1n) is 11.4. The smallest absolute Gasteiger partial charge is 0.157 e. The maximum atomic E-state index is 12.3. The Morgan fingerprint density at radius 1 is 1.24 bits per heavy atom. The number of anilines is 1. The minimum absolute atomic E-state index is 0.486. The number of hydrogen-bond donors (Lipinski definition) is 2. The zero-order valence-electron chi connectivity index (χ0n) is 20.2. The number of imidazole rings is 1. The van der Waals surface area contributed by atoms with Gasteiger partial charge in [-0.2, -0.15) is 5.10 Å². The average molecular weight is 459 g/mol. The van der Waals surface area contributed by atoms with Crippen LogP contribution in [0.1, 0.15) is 49.8 Å². The van der Waals surface area contributed by atoms with Crippen molar-refractivity contribution in [2.24, 2.45) is 0 Å². The van der Waals surface area contributed by atoms with Crippen LogP contribution in [0.4, 0.5) is 10.2 Å². The molecular formula is C24H35FN6O2. The van der Waals surface area contributed by atoms with Gasteiger partial charge in [0.2, 0.25) is 0 Å². The second kappa shape index (κ2) is 11.9. The number of halogens is 1. The van der Waals surface area contributed by atoms with E-state index in [9.17, 15) is 4.39 Å². The molecule has 0 radical (unpaired) electrons. The fourth-order valence-electron chi connectivity index (χ4n) is 3.51. The number of pyridine rings is 1. The normalized spacial score (nSPS) is 14.0. The van der Waals surface area contributed by atoms with E-state index in [1.807, 2.05) is 43.7 Å². The Balaban J connectivity index is 0.000000331. The molecule has 3 aromatic rings. The van der Waals surface area contributed by atoms with Gasteiger partial charge in [-0.3, -0.25) is 0 Å². The first-order valence-corrected chi connectivity index (χ1v) is 11.4. The third-order valence-corrected chi connectivity index (χ3v) is 5.60. The summed E-state index contributed by atoms with van der Waals surface area (Å²) in [6.45, 7) is 3.16. The highest BCUT2D eigenvalue weighted by atomic mass is 19.1. The van der Waals surface area contributed by atoms with Gasteiger partial charge < -0.3 is 20.1 Å². The number of rotatable bonds is 10. The Morgan fingerprint density at radius 2 is 2.03 bits per heavy atom. The summed E-state index contributed by atoms with van der Waals surface area (Å²) in [6.07, 6.45) is 4.80. The lowest BCUT2D eigenvalue weighted by Crippen LogP contribution is -2.12. The molecule has 33 heavy (non-hydrogen) atoms. The highest BCUT2D eigenvalue weighted by molar-refractivity contribution is 5.63. The van der Waals surface area contributed by atoms with Crippen molar-refractivity contribution in [1.29, 1.82) is 0 Å². The van der Waals surface area contributed by atoms with Crippen molar-refractivity contribution in [3.05, 3.63) is 35.7 Å². The number of ether oxygens (including phenoxy) is 2. The molecule has 3 heterocycles. The predicted octanol–water partition coefficient (Wildman–Crippen LogP) is 4.21. The molecule has 0 amide bonds. The summed E-state index contributed by atoms with van der Waals surface area (Å²) < 4.78 is 24.8. The average Bonchev–Trinajstić information content (AvgIpc) is 3.62. The molecule has 0 saturated heterocycles. The summed E-state index contributed by atoms with van der Waals surface area (Å²) >= 11 is 0. The summed E-state index contributed by atoms with van der Waals surface area (Å²) in [7, 11) is 7.05. The van der Waals surface area contributed by atoms with Gasteiger partial charge >= 0.3 is 0 Å². The van der Waals surface area contributed by atoms with Gasteiger partial charge in [0.15, 0.2) is 5.65 Å². The molecule has 1 saturated carbocycles. The molecule has 1 atom stereocenters. The van der Waals surface area contributed by atoms with Crippen molar-refractivity contribution in [2.45, 2.75) is 51.3 Å². The van der Waals surface area contributed by atoms with Crippen LogP contribution in [0.15, 0.2) is 24.4 Å². The van der Waals surface area contributed by atoms with E-state index in [1.54, 1.807) is 20.4 Å². The number of fused-ring (bicyclic) bond motifs is 1. The highest BCUT2D eigenvalue weighted by Crippen LogP contribution is 2.43. The lowest BCUT2D eigenvalue weighted by molar-refractivity contribution is 0.185. The Morgan fingerprint density at radius 3 is 2.64 bits per heavy atom. The minimum atomic E-state index is -0.609. The van der Waals surface area contributed by atoms with Crippen molar-refractivity contribution in [2.75, 3.05) is 40.2 Å². The molecular weight excluding hydrogens is 423 g/mol. The third kappa shape index (κ3) is 6.17. The van der Waals surface area contributed by atoms with E-state index in [-0.39, 0.29) is 0 Å². The van der Waals surface area contributed by atoms with Crippen molar-refractivity contribution in [1.82, 2.24) is 24.9 Å². The summed E-state index contributed by atoms with van der Waals surface area (Å²) in [5.41, 5.74) is 4.44. The van der Waals surface area contributed by atoms with E-state index >= 15 is 0 Å². The molecule has 0 bridgehead atoms. The second-order valence-electron chi connectivity index (χ2n) is 8.07. The molecule has 2 N–H and O–H groups in total. The third-order valence-electron chi connectivity index (χ3n) is 5.60. The van der Waals surface area contributed by atoms with Crippen LogP contribution in [0.2, 0.25) is 0 Å². The molecule has 1 aliphatic rings. The Labute approximate surface area is 194 Å². The number of methoxy groups -OCH3 is 2. The molecule has 0 spiro atoms. The van der Waals surface area contributed by atoms with Crippen LogP contribution >= 0.6 is 0 Å². The van der Waals surface area contributed by atoms with Crippen molar-refractivity contribution in [3.63, 3.8) is 0 Å². The molecule has 0 aromatic carbocycles. The molecule has 8 nitrogen and oxygen atoms in total. The predicted molar refractivity (Wildman–Crippen MR) is 129 cm³/mol. The lowest BCUT2D eigenvalue weighted by Gasteiger charge is -2.11. The van der Waals surface area contributed by atoms with Gasteiger partial charge in [0.05, 0.1) is 25.6 Å². The first-order chi connectivity index (χ1) is 16.1. The first kappa shape index (κ1) is 24.9. The highest BCUT2D eigenvalue weighted by Gasteiger charge is 2.29. The summed E-state index contributed by atoms with van der Waals surface area (Å²) in [5, 5.41) is 10.8. The van der Waals surface area contributed by atoms with Crippen LogP contribution in [0.25, 0.3) is 17.0 Å². The fourth-order valence-corrected chi connectivity index (χ4v) is 3.51. The van der Waals surface area contributed by atoms with Crippen LogP contribution in [0.3, 0.4) is 0 Å². The van der Waals surface area contributed by atoms with E-state index in [1.165, 1.54) is 0 Å². The monoisotopic (exact) mass is 458 g/mol. The van der Waals surface area contributed by atoms with E-state index in [4.69, 9.17) is 19.6 Å². The van der Waals surface area contributed by atoms with Crippen LogP contribution in [0, 0.1) is 0 Å². The van der Waals surface area contributed by atoms with Crippen LogP contribution in [-0.4, -0.2) is 60.6 Å². The molecule has 0 aliphatic heterocycles. The largest absolute Gasteiger partial charge is 0.495 e. The number of nitrogens with zero attached hydrogens (tertiary/aromatic N) is 4. The van der Waals surface area contributed by atoms with Gasteiger partial charge in [-0.15, -0.1) is 0 Å². The van der Waals surface area contributed by atoms with Crippen LogP contribution < -0.4 is 15.4 Å². The summed E-state index contributed by atoms with van der Waals surface area (Å²) in [4.78, 5) is 9.19. The van der Waals surface area contributed by atoms with Crippen molar-refractivity contribution < 1.29 is 13.9 Å². The molecule has 180 valence electrons. The van der Waals surface area contributed by atoms with Crippen LogP contribution in [-0.2, 0) is 11.3 Å². The van der Waals surface area contributed by atoms with Gasteiger partial charge in [-0.25, -0.2) is 18.9 Å². The van der Waals surface area contributed by atoms with Gasteiger partial charge in [0.25, 0.3) is 0 Å². The zero-order chi connectivity index (χ0) is 23.8. The number of aromatic nitrogens is 4. The summed E-state index contributed by atoms with van der Waals surface area (Å²) in [6, 6.07) is 5.94. The topological polar surface area (TPSA) is 85.6 Å². The quantitative estimate of drug-likeness (QED) is 0.471. The SMILES string of the molecule is CCC(F)CCNC.CNc1nc(-c2cnc3cc(OC)c(C4CC4)nn23)ccc1COC. The number of alkyl halides is 1. The maximum Gasteiger partial charge on any atom is 0.157 e. The van der Waals surface area contributed by atoms with Gasteiger partial charge in [-0.05, 0) is 45.3 Å². The minimum Gasteiger partial charge on any atom is -0.495 e. The van der Waals surface area contributed by atoms with E-state index < -0.39 is 6.17 Å². The maximum absolute atomic E-state index is 12.3. The van der Waals surface area contributed by atoms with E-state index in [0.29, 0.717) is 25.4 Å². The van der Waals surface area contributed by atoms with Crippen molar-refractivity contribution >= 4 is 11.5 Å². The molecule has 4 rings (SSSR count). The number of hydrogen-bond acceptors (Lipinski definition) is 7. The Kier molecular flexibility index (Phi) is 8.96. The van der Waals surface area contributed by atoms with E-state index in [2.05, 4.69) is 15.6 Å². The molecule has 3 aromatic heterocycles. The zero-order valence-corrected chi connectivity index (χ0v) is 20.2.